The van der Waals surface area contributed by atoms with Gasteiger partial charge in [-0.15, -0.1) is 0 Å². The molecule has 0 aliphatic heterocycles. The van der Waals surface area contributed by atoms with E-state index in [0.717, 1.165) is 0 Å². The molecule has 0 aliphatic rings. The van der Waals surface area contributed by atoms with Gasteiger partial charge in [0.15, 0.2) is 10.9 Å². The maximum absolute atomic E-state index is 10.4. The lowest BCUT2D eigenvalue weighted by molar-refractivity contribution is -0.136. The first kappa shape index (κ1) is 9.79. The van der Waals surface area contributed by atoms with Crippen molar-refractivity contribution >= 4 is 17.6 Å². The number of carboxylic acid groups (broad SMARTS) is 1. The second kappa shape index (κ2) is 3.78. The van der Waals surface area contributed by atoms with Crippen molar-refractivity contribution in [2.24, 2.45) is 0 Å². The molecule has 0 unspecified atom stereocenters. The number of hydrogen-bond donors (Lipinski definition) is 1. The maximum atomic E-state index is 10.4. The molecule has 0 saturated carbocycles. The van der Waals surface area contributed by atoms with Crippen molar-refractivity contribution < 1.29 is 18.7 Å². The predicted molar refractivity (Wildman–Crippen MR) is 50.6 cm³/mol. The van der Waals surface area contributed by atoms with E-state index in [-0.39, 0.29) is 23.2 Å². The summed E-state index contributed by atoms with van der Waals surface area (Å²) in [6.45, 7) is 0. The molecule has 2 aromatic heterocycles. The SMILES string of the molecule is O=C(O)Cc1nc(Cl)c(-c2ccco2)o1. The fourth-order valence-electron chi connectivity index (χ4n) is 1.11. The van der Waals surface area contributed by atoms with Crippen molar-refractivity contribution in [1.29, 1.82) is 0 Å². The summed E-state index contributed by atoms with van der Waals surface area (Å²) < 4.78 is 10.2. The predicted octanol–water partition coefficient (Wildman–Crippen LogP) is 2.22. The number of aromatic nitrogens is 1. The normalized spacial score (nSPS) is 10.5. The first-order chi connectivity index (χ1) is 7.16. The molecule has 2 aromatic rings. The summed E-state index contributed by atoms with van der Waals surface area (Å²) in [6, 6.07) is 3.32. The Morgan fingerprint density at radius 2 is 2.40 bits per heavy atom. The van der Waals surface area contributed by atoms with E-state index < -0.39 is 5.97 Å². The molecule has 2 heterocycles. The Balaban J connectivity index is 2.34. The molecule has 1 N–H and O–H groups in total. The van der Waals surface area contributed by atoms with E-state index >= 15 is 0 Å². The van der Waals surface area contributed by atoms with Crippen molar-refractivity contribution in [3.63, 3.8) is 0 Å². The molecule has 2 rings (SSSR count). The molecule has 0 atom stereocenters. The number of rotatable bonds is 3. The van der Waals surface area contributed by atoms with Gasteiger partial charge in [-0.3, -0.25) is 4.79 Å². The van der Waals surface area contributed by atoms with Gasteiger partial charge >= 0.3 is 5.97 Å². The highest BCUT2D eigenvalue weighted by Crippen LogP contribution is 2.28. The molecule has 0 aromatic carbocycles. The van der Waals surface area contributed by atoms with E-state index in [0.29, 0.717) is 5.76 Å². The highest BCUT2D eigenvalue weighted by molar-refractivity contribution is 6.31. The number of hydrogen-bond acceptors (Lipinski definition) is 4. The molecule has 0 radical (unpaired) electrons. The topological polar surface area (TPSA) is 76.5 Å². The van der Waals surface area contributed by atoms with Crippen LogP contribution in [-0.2, 0) is 11.2 Å². The van der Waals surface area contributed by atoms with Crippen molar-refractivity contribution in [2.75, 3.05) is 0 Å². The summed E-state index contributed by atoms with van der Waals surface area (Å²) in [7, 11) is 0. The monoisotopic (exact) mass is 227 g/mol. The van der Waals surface area contributed by atoms with Crippen molar-refractivity contribution in [3.8, 4) is 11.5 Å². The third-order valence-electron chi connectivity index (χ3n) is 1.68. The Morgan fingerprint density at radius 3 is 3.00 bits per heavy atom. The number of oxazole rings is 1. The first-order valence-electron chi connectivity index (χ1n) is 4.07. The molecule has 0 fully saturated rings. The van der Waals surface area contributed by atoms with Gasteiger partial charge in [0.05, 0.1) is 6.26 Å². The molecular formula is C9H6ClNO4. The molecule has 78 valence electrons. The minimum Gasteiger partial charge on any atom is -0.481 e. The van der Waals surface area contributed by atoms with E-state index in [1.807, 2.05) is 0 Å². The molecule has 0 saturated heterocycles. The van der Waals surface area contributed by atoms with Crippen LogP contribution in [0, 0.1) is 0 Å². The standard InChI is InChI=1S/C9H6ClNO4/c10-9-8(5-2-1-3-14-5)15-6(11-9)4-7(12)13/h1-3H,4H2,(H,12,13). The smallest absolute Gasteiger partial charge is 0.312 e. The van der Waals surface area contributed by atoms with Gasteiger partial charge < -0.3 is 13.9 Å². The summed E-state index contributed by atoms with van der Waals surface area (Å²) in [5, 5.41) is 8.63. The highest BCUT2D eigenvalue weighted by atomic mass is 35.5. The first-order valence-corrected chi connectivity index (χ1v) is 4.45. The van der Waals surface area contributed by atoms with Gasteiger partial charge in [0, 0.05) is 0 Å². The van der Waals surface area contributed by atoms with Gasteiger partial charge in [-0.25, -0.2) is 4.98 Å². The summed E-state index contributed by atoms with van der Waals surface area (Å²) in [5.74, 6) is -0.306. The van der Waals surface area contributed by atoms with Crippen LogP contribution in [0.1, 0.15) is 5.89 Å². The number of nitrogens with zero attached hydrogens (tertiary/aromatic N) is 1. The highest BCUT2D eigenvalue weighted by Gasteiger charge is 2.16. The Hall–Kier alpha value is -1.75. The fourth-order valence-corrected chi connectivity index (χ4v) is 1.33. The summed E-state index contributed by atoms with van der Waals surface area (Å²) >= 11 is 5.76. The van der Waals surface area contributed by atoms with Crippen LogP contribution in [-0.4, -0.2) is 16.1 Å². The minimum atomic E-state index is -1.03. The van der Waals surface area contributed by atoms with E-state index in [1.165, 1.54) is 6.26 Å². The van der Waals surface area contributed by atoms with E-state index in [2.05, 4.69) is 4.98 Å². The minimum absolute atomic E-state index is 0.0545. The lowest BCUT2D eigenvalue weighted by atomic mass is 10.4. The lowest BCUT2D eigenvalue weighted by Gasteiger charge is -1.89. The third kappa shape index (κ3) is 2.02. The number of aliphatic carboxylic acids is 1. The molecule has 6 heteroatoms. The van der Waals surface area contributed by atoms with Gasteiger partial charge in [-0.05, 0) is 12.1 Å². The van der Waals surface area contributed by atoms with E-state index in [1.54, 1.807) is 12.1 Å². The number of carbonyl (C=O) groups is 1. The van der Waals surface area contributed by atoms with Crippen LogP contribution in [0.2, 0.25) is 5.15 Å². The van der Waals surface area contributed by atoms with Crippen LogP contribution in [0.4, 0.5) is 0 Å². The Morgan fingerprint density at radius 1 is 1.60 bits per heavy atom. The quantitative estimate of drug-likeness (QED) is 0.870. The second-order valence-corrected chi connectivity index (χ2v) is 3.13. The third-order valence-corrected chi connectivity index (χ3v) is 1.93. The summed E-state index contributed by atoms with van der Waals surface area (Å²) in [4.78, 5) is 14.2. The maximum Gasteiger partial charge on any atom is 0.312 e. The average molecular weight is 228 g/mol. The molecule has 0 spiro atoms. The second-order valence-electron chi connectivity index (χ2n) is 2.78. The van der Waals surface area contributed by atoms with E-state index in [9.17, 15) is 4.79 Å². The Bertz CT molecular complexity index is 474. The summed E-state index contributed by atoms with van der Waals surface area (Å²) in [6.07, 6.45) is 1.16. The Kier molecular flexibility index (Phi) is 2.47. The average Bonchev–Trinajstić information content (AvgIpc) is 2.72. The van der Waals surface area contributed by atoms with Crippen LogP contribution in [0.3, 0.4) is 0 Å². The van der Waals surface area contributed by atoms with Crippen LogP contribution in [0.5, 0.6) is 0 Å². The zero-order chi connectivity index (χ0) is 10.8. The van der Waals surface area contributed by atoms with Crippen molar-refractivity contribution in [2.45, 2.75) is 6.42 Å². The van der Waals surface area contributed by atoms with Gasteiger partial charge in [0.2, 0.25) is 11.7 Å². The van der Waals surface area contributed by atoms with Crippen molar-refractivity contribution in [1.82, 2.24) is 4.98 Å². The summed E-state index contributed by atoms with van der Waals surface area (Å²) in [5.41, 5.74) is 0. The van der Waals surface area contributed by atoms with Crippen molar-refractivity contribution in [3.05, 3.63) is 29.4 Å². The van der Waals surface area contributed by atoms with Gasteiger partial charge in [0.1, 0.15) is 6.42 Å². The van der Waals surface area contributed by atoms with Gasteiger partial charge in [-0.1, -0.05) is 11.6 Å². The molecule has 15 heavy (non-hydrogen) atoms. The largest absolute Gasteiger partial charge is 0.481 e. The number of halogens is 1. The zero-order valence-corrected chi connectivity index (χ0v) is 8.19. The number of carboxylic acids is 1. The van der Waals surface area contributed by atoms with Gasteiger partial charge in [0.25, 0.3) is 0 Å². The fraction of sp³-hybridized carbons (Fsp3) is 0.111. The van der Waals surface area contributed by atoms with Crippen LogP contribution >= 0.6 is 11.6 Å². The van der Waals surface area contributed by atoms with E-state index in [4.69, 9.17) is 25.5 Å². The van der Waals surface area contributed by atoms with Crippen LogP contribution < -0.4 is 0 Å². The molecular weight excluding hydrogens is 222 g/mol. The Labute approximate surface area is 89.3 Å². The molecule has 0 aliphatic carbocycles. The lowest BCUT2D eigenvalue weighted by Crippen LogP contribution is -1.99. The van der Waals surface area contributed by atoms with Crippen LogP contribution in [0.25, 0.3) is 11.5 Å². The van der Waals surface area contributed by atoms with Gasteiger partial charge in [-0.2, -0.15) is 0 Å². The molecule has 0 amide bonds. The van der Waals surface area contributed by atoms with Crippen LogP contribution in [0.15, 0.2) is 27.2 Å². The number of furan rings is 1. The zero-order valence-electron chi connectivity index (χ0n) is 7.44. The molecule has 0 bridgehead atoms. The molecule has 5 nitrogen and oxygen atoms in total.